The van der Waals surface area contributed by atoms with Crippen molar-refractivity contribution in [3.05, 3.63) is 54.1 Å². The number of para-hydroxylation sites is 2. The number of nitrogens with zero attached hydrogens (tertiary/aromatic N) is 1. The van der Waals surface area contributed by atoms with Crippen molar-refractivity contribution in [3.8, 4) is 5.75 Å². The standard InChI is InChI=1S/C20H22N2O3/c1-3-25-18-10-5-4-9-17(18)21-20(24)15-12-19(23)22(13-15)16-8-6-7-14(2)11-16/h4-11,15H,3,12-13H2,1-2H3,(H,21,24)/t15-/m0/s1. The van der Waals surface area contributed by atoms with Gasteiger partial charge in [-0.25, -0.2) is 0 Å². The van der Waals surface area contributed by atoms with E-state index in [1.165, 1.54) is 0 Å². The fourth-order valence-electron chi connectivity index (χ4n) is 3.01. The molecule has 1 N–H and O–H groups in total. The molecule has 0 spiro atoms. The van der Waals surface area contributed by atoms with E-state index in [2.05, 4.69) is 5.32 Å². The van der Waals surface area contributed by atoms with Crippen molar-refractivity contribution in [2.24, 2.45) is 5.92 Å². The zero-order valence-corrected chi connectivity index (χ0v) is 14.5. The first-order valence-corrected chi connectivity index (χ1v) is 8.48. The smallest absolute Gasteiger partial charge is 0.229 e. The lowest BCUT2D eigenvalue weighted by atomic mass is 10.1. The van der Waals surface area contributed by atoms with Crippen molar-refractivity contribution < 1.29 is 14.3 Å². The number of amides is 2. The molecule has 130 valence electrons. The number of benzene rings is 2. The second kappa shape index (κ2) is 7.38. The van der Waals surface area contributed by atoms with Crippen LogP contribution < -0.4 is 15.0 Å². The van der Waals surface area contributed by atoms with Crippen LogP contribution in [0.3, 0.4) is 0 Å². The molecule has 0 saturated carbocycles. The molecule has 0 radical (unpaired) electrons. The van der Waals surface area contributed by atoms with Crippen molar-refractivity contribution in [2.75, 3.05) is 23.4 Å². The highest BCUT2D eigenvalue weighted by Crippen LogP contribution is 2.28. The monoisotopic (exact) mass is 338 g/mol. The molecule has 0 unspecified atom stereocenters. The third kappa shape index (κ3) is 3.82. The fourth-order valence-corrected chi connectivity index (χ4v) is 3.01. The van der Waals surface area contributed by atoms with Gasteiger partial charge < -0.3 is 15.0 Å². The lowest BCUT2D eigenvalue weighted by Gasteiger charge is -2.17. The molecule has 0 aliphatic carbocycles. The van der Waals surface area contributed by atoms with Gasteiger partial charge in [0, 0.05) is 18.7 Å². The van der Waals surface area contributed by atoms with Gasteiger partial charge in [-0.05, 0) is 43.7 Å². The Bertz CT molecular complexity index is 788. The van der Waals surface area contributed by atoms with E-state index in [0.717, 1.165) is 11.3 Å². The van der Waals surface area contributed by atoms with Crippen molar-refractivity contribution in [1.29, 1.82) is 0 Å². The summed E-state index contributed by atoms with van der Waals surface area (Å²) in [6, 6.07) is 15.1. The Kier molecular flexibility index (Phi) is 5.03. The average molecular weight is 338 g/mol. The maximum Gasteiger partial charge on any atom is 0.229 e. The Morgan fingerprint density at radius 2 is 2.04 bits per heavy atom. The summed E-state index contributed by atoms with van der Waals surface area (Å²) in [5, 5.41) is 2.90. The first-order chi connectivity index (χ1) is 12.1. The van der Waals surface area contributed by atoms with Gasteiger partial charge in [0.15, 0.2) is 0 Å². The van der Waals surface area contributed by atoms with Gasteiger partial charge in [0.25, 0.3) is 0 Å². The molecule has 2 aromatic rings. The molecule has 5 nitrogen and oxygen atoms in total. The van der Waals surface area contributed by atoms with Gasteiger partial charge in [-0.1, -0.05) is 24.3 Å². The molecular formula is C20H22N2O3. The van der Waals surface area contributed by atoms with E-state index in [1.54, 1.807) is 11.0 Å². The lowest BCUT2D eigenvalue weighted by molar-refractivity contribution is -0.122. The third-order valence-electron chi connectivity index (χ3n) is 4.25. The summed E-state index contributed by atoms with van der Waals surface area (Å²) in [6.07, 6.45) is 0.219. The zero-order chi connectivity index (χ0) is 17.8. The Hall–Kier alpha value is -2.82. The number of carbonyl (C=O) groups excluding carboxylic acids is 2. The molecule has 3 rings (SSSR count). The number of hydrogen-bond donors (Lipinski definition) is 1. The summed E-state index contributed by atoms with van der Waals surface area (Å²) in [5.74, 6) is 0.0837. The Morgan fingerprint density at radius 3 is 2.80 bits per heavy atom. The van der Waals surface area contributed by atoms with Crippen LogP contribution in [0.4, 0.5) is 11.4 Å². The minimum atomic E-state index is -0.373. The maximum atomic E-state index is 12.6. The summed E-state index contributed by atoms with van der Waals surface area (Å²) < 4.78 is 5.53. The van der Waals surface area contributed by atoms with Crippen LogP contribution in [-0.2, 0) is 9.59 Å². The molecule has 1 saturated heterocycles. The Balaban J connectivity index is 1.71. The second-order valence-electron chi connectivity index (χ2n) is 6.16. The molecule has 2 amide bonds. The normalized spacial score (nSPS) is 16.8. The van der Waals surface area contributed by atoms with Crippen LogP contribution in [0.5, 0.6) is 5.75 Å². The highest BCUT2D eigenvalue weighted by molar-refractivity contribution is 6.03. The molecule has 0 bridgehead atoms. The van der Waals surface area contributed by atoms with Gasteiger partial charge in [-0.3, -0.25) is 9.59 Å². The van der Waals surface area contributed by atoms with Gasteiger partial charge in [-0.15, -0.1) is 0 Å². The number of nitrogens with one attached hydrogen (secondary N) is 1. The molecule has 0 aromatic heterocycles. The van der Waals surface area contributed by atoms with Crippen LogP contribution >= 0.6 is 0 Å². The summed E-state index contributed by atoms with van der Waals surface area (Å²) in [4.78, 5) is 26.6. The zero-order valence-electron chi connectivity index (χ0n) is 14.5. The lowest BCUT2D eigenvalue weighted by Crippen LogP contribution is -2.28. The molecule has 5 heteroatoms. The topological polar surface area (TPSA) is 58.6 Å². The number of ether oxygens (including phenoxy) is 1. The van der Waals surface area contributed by atoms with Gasteiger partial charge in [0.05, 0.1) is 18.2 Å². The van der Waals surface area contributed by atoms with Crippen molar-refractivity contribution in [3.63, 3.8) is 0 Å². The molecule has 1 fully saturated rings. The number of hydrogen-bond acceptors (Lipinski definition) is 3. The number of carbonyl (C=O) groups is 2. The molecule has 2 aromatic carbocycles. The van der Waals surface area contributed by atoms with Crippen LogP contribution in [0.25, 0.3) is 0 Å². The van der Waals surface area contributed by atoms with E-state index in [9.17, 15) is 9.59 Å². The third-order valence-corrected chi connectivity index (χ3v) is 4.25. The van der Waals surface area contributed by atoms with E-state index in [1.807, 2.05) is 56.3 Å². The first-order valence-electron chi connectivity index (χ1n) is 8.48. The molecular weight excluding hydrogens is 316 g/mol. The second-order valence-corrected chi connectivity index (χ2v) is 6.16. The SMILES string of the molecule is CCOc1ccccc1NC(=O)[C@H]1CC(=O)N(c2cccc(C)c2)C1. The van der Waals surface area contributed by atoms with E-state index >= 15 is 0 Å². The van der Waals surface area contributed by atoms with Crippen LogP contribution in [0.2, 0.25) is 0 Å². The Morgan fingerprint density at radius 1 is 1.24 bits per heavy atom. The van der Waals surface area contributed by atoms with Gasteiger partial charge in [0.1, 0.15) is 5.75 Å². The highest BCUT2D eigenvalue weighted by atomic mass is 16.5. The van der Waals surface area contributed by atoms with E-state index in [0.29, 0.717) is 24.6 Å². The van der Waals surface area contributed by atoms with Crippen LogP contribution in [0.1, 0.15) is 18.9 Å². The average Bonchev–Trinajstić information content (AvgIpc) is 2.99. The number of aryl methyl sites for hydroxylation is 1. The molecule has 1 atom stereocenters. The van der Waals surface area contributed by atoms with Crippen molar-refractivity contribution >= 4 is 23.2 Å². The summed E-state index contributed by atoms with van der Waals surface area (Å²) >= 11 is 0. The maximum absolute atomic E-state index is 12.6. The van der Waals surface area contributed by atoms with Crippen molar-refractivity contribution in [1.82, 2.24) is 0 Å². The minimum Gasteiger partial charge on any atom is -0.492 e. The number of anilines is 2. The van der Waals surface area contributed by atoms with Crippen molar-refractivity contribution in [2.45, 2.75) is 20.3 Å². The van der Waals surface area contributed by atoms with Crippen LogP contribution in [0.15, 0.2) is 48.5 Å². The molecule has 1 aliphatic rings. The van der Waals surface area contributed by atoms with Gasteiger partial charge in [0.2, 0.25) is 11.8 Å². The highest BCUT2D eigenvalue weighted by Gasteiger charge is 2.35. The van der Waals surface area contributed by atoms with Crippen LogP contribution in [0, 0.1) is 12.8 Å². The fraction of sp³-hybridized carbons (Fsp3) is 0.300. The van der Waals surface area contributed by atoms with Gasteiger partial charge >= 0.3 is 0 Å². The summed E-state index contributed by atoms with van der Waals surface area (Å²) in [6.45, 7) is 4.80. The van der Waals surface area contributed by atoms with E-state index in [4.69, 9.17) is 4.74 Å². The predicted octanol–water partition coefficient (Wildman–Crippen LogP) is 3.39. The van der Waals surface area contributed by atoms with Crippen LogP contribution in [-0.4, -0.2) is 25.0 Å². The molecule has 1 heterocycles. The first kappa shape index (κ1) is 17.0. The van der Waals surface area contributed by atoms with E-state index < -0.39 is 0 Å². The molecule has 1 aliphatic heterocycles. The molecule has 25 heavy (non-hydrogen) atoms. The predicted molar refractivity (Wildman–Crippen MR) is 97.9 cm³/mol. The Labute approximate surface area is 147 Å². The largest absolute Gasteiger partial charge is 0.492 e. The minimum absolute atomic E-state index is 0.0242. The van der Waals surface area contributed by atoms with E-state index in [-0.39, 0.29) is 24.2 Å². The quantitative estimate of drug-likeness (QED) is 0.909. The number of rotatable bonds is 5. The summed E-state index contributed by atoms with van der Waals surface area (Å²) in [7, 11) is 0. The van der Waals surface area contributed by atoms with Gasteiger partial charge in [-0.2, -0.15) is 0 Å². The summed E-state index contributed by atoms with van der Waals surface area (Å²) in [5.41, 5.74) is 2.56.